The molecule has 164 valence electrons. The fourth-order valence-electron chi connectivity index (χ4n) is 1.78. The van der Waals surface area contributed by atoms with Crippen molar-refractivity contribution in [3.8, 4) is 0 Å². The Hall–Kier alpha value is 0.0343. The molecule has 0 saturated heterocycles. The summed E-state index contributed by atoms with van der Waals surface area (Å²) in [5.74, 6) is 0. The maximum Gasteiger partial charge on any atom is 0.0609 e. The van der Waals surface area contributed by atoms with E-state index in [1.165, 1.54) is 76.4 Å². The molecule has 0 aliphatic heterocycles. The second-order valence-corrected chi connectivity index (χ2v) is 5.93. The van der Waals surface area contributed by atoms with Gasteiger partial charge in [-0.15, -0.1) is 13.2 Å². The summed E-state index contributed by atoms with van der Waals surface area (Å²) in [7, 11) is 0. The molecule has 0 amide bonds. The van der Waals surface area contributed by atoms with Crippen LogP contribution in [0.1, 0.15) is 90.9 Å². The second kappa shape index (κ2) is 50.2. The van der Waals surface area contributed by atoms with Crippen LogP contribution < -0.4 is 0 Å². The summed E-state index contributed by atoms with van der Waals surface area (Å²) >= 11 is 0. The summed E-state index contributed by atoms with van der Waals surface area (Å²) in [6.07, 6.45) is 17.9. The molecule has 4 N–H and O–H groups in total. The molecular weight excluding hydrogens is 376 g/mol. The number of hydrogen-bond donors (Lipinski definition) is 4. The quantitative estimate of drug-likeness (QED) is 0.180. The van der Waals surface area contributed by atoms with E-state index in [0.29, 0.717) is 13.2 Å². The van der Waals surface area contributed by atoms with Crippen molar-refractivity contribution in [2.24, 2.45) is 0 Å². The van der Waals surface area contributed by atoms with E-state index in [2.05, 4.69) is 27.0 Å². The minimum atomic E-state index is 0. The molecule has 0 rings (SSSR count). The first-order valence-corrected chi connectivity index (χ1v) is 10.3. The molecule has 0 unspecified atom stereocenters. The molecule has 0 aromatic carbocycles. The van der Waals surface area contributed by atoms with Crippen LogP contribution >= 0.6 is 0 Å². The summed E-state index contributed by atoms with van der Waals surface area (Å²) in [5, 5.41) is 32.4. The summed E-state index contributed by atoms with van der Waals surface area (Å²) in [5.41, 5.74) is 0. The van der Waals surface area contributed by atoms with Gasteiger partial charge in [0.25, 0.3) is 0 Å². The Balaban J connectivity index is -0.0000000843. The van der Waals surface area contributed by atoms with Gasteiger partial charge in [-0.2, -0.15) is 0 Å². The number of hydrogen-bond acceptors (Lipinski definition) is 4. The molecule has 0 atom stereocenters. The van der Waals surface area contributed by atoms with Gasteiger partial charge in [0.15, 0.2) is 0 Å². The molecule has 0 aromatic rings. The van der Waals surface area contributed by atoms with Crippen molar-refractivity contribution in [1.29, 1.82) is 0 Å². The van der Waals surface area contributed by atoms with Gasteiger partial charge in [-0.1, -0.05) is 90.2 Å². The zero-order valence-corrected chi connectivity index (χ0v) is 19.7. The van der Waals surface area contributed by atoms with Crippen LogP contribution in [-0.4, -0.2) is 46.9 Å². The maximum atomic E-state index is 8.42. The van der Waals surface area contributed by atoms with Gasteiger partial charge in [0.2, 0.25) is 0 Å². The Morgan fingerprint density at radius 1 is 0.519 bits per heavy atom. The molecule has 4 nitrogen and oxygen atoms in total. The van der Waals surface area contributed by atoms with Crippen molar-refractivity contribution in [3.05, 3.63) is 25.3 Å². The van der Waals surface area contributed by atoms with Gasteiger partial charge in [-0.05, 0) is 12.8 Å². The molecule has 0 radical (unpaired) electrons. The summed E-state index contributed by atoms with van der Waals surface area (Å²) in [6, 6.07) is 0. The third-order valence-electron chi connectivity index (χ3n) is 3.28. The Morgan fingerprint density at radius 3 is 0.926 bits per heavy atom. The number of aliphatic hydroxyl groups is 4. The molecule has 27 heavy (non-hydrogen) atoms. The van der Waals surface area contributed by atoms with Gasteiger partial charge in [0, 0.05) is 34.9 Å². The molecule has 0 saturated carbocycles. The van der Waals surface area contributed by atoms with E-state index in [0.717, 1.165) is 12.8 Å². The molecule has 0 aliphatic carbocycles. The predicted octanol–water partition coefficient (Wildman–Crippen LogP) is 5.01. The van der Waals surface area contributed by atoms with Gasteiger partial charge in [0.1, 0.15) is 0 Å². The monoisotopic (exact) mass is 424 g/mol. The van der Waals surface area contributed by atoms with E-state index in [9.17, 15) is 0 Å². The first kappa shape index (κ1) is 37.7. The normalized spacial score (nSPS) is 8.52. The predicted molar refractivity (Wildman–Crippen MR) is 115 cm³/mol. The minimum absolute atomic E-state index is 0. The Kier molecular flexibility index (Phi) is 70.1. The van der Waals surface area contributed by atoms with E-state index in [-0.39, 0.29) is 34.9 Å². The van der Waals surface area contributed by atoms with Crippen molar-refractivity contribution in [2.75, 3.05) is 26.4 Å². The van der Waals surface area contributed by atoms with E-state index < -0.39 is 0 Å². The van der Waals surface area contributed by atoms with E-state index in [4.69, 9.17) is 20.4 Å². The van der Waals surface area contributed by atoms with Crippen molar-refractivity contribution in [3.63, 3.8) is 0 Å². The SMILES string of the molecule is C=CCO.C=CCO.CCCCCCCCO.CCCCCCCCO.[Ti]. The molecular formula is C22H48O4Ti. The van der Waals surface area contributed by atoms with Crippen LogP contribution in [0.5, 0.6) is 0 Å². The molecule has 0 aliphatic rings. The zero-order chi connectivity index (χ0) is 20.7. The molecule has 5 heteroatoms. The Bertz CT molecular complexity index is 180. The van der Waals surface area contributed by atoms with Crippen LogP contribution in [0.4, 0.5) is 0 Å². The fraction of sp³-hybridized carbons (Fsp3) is 0.818. The Labute approximate surface area is 184 Å². The first-order valence-electron chi connectivity index (χ1n) is 10.3. The number of unbranched alkanes of at least 4 members (excludes halogenated alkanes) is 10. The van der Waals surface area contributed by atoms with Crippen molar-refractivity contribution < 1.29 is 42.1 Å². The third-order valence-corrected chi connectivity index (χ3v) is 3.28. The van der Waals surface area contributed by atoms with Crippen LogP contribution in [0.2, 0.25) is 0 Å². The molecule has 0 heterocycles. The van der Waals surface area contributed by atoms with Crippen LogP contribution in [0, 0.1) is 0 Å². The summed E-state index contributed by atoms with van der Waals surface area (Å²) in [6.45, 7) is 11.8. The smallest absolute Gasteiger partial charge is 0.0609 e. The largest absolute Gasteiger partial charge is 0.396 e. The second-order valence-electron chi connectivity index (χ2n) is 5.93. The fourth-order valence-corrected chi connectivity index (χ4v) is 1.78. The van der Waals surface area contributed by atoms with Gasteiger partial charge in [0.05, 0.1) is 13.2 Å². The van der Waals surface area contributed by atoms with Gasteiger partial charge >= 0.3 is 0 Å². The van der Waals surface area contributed by atoms with Crippen molar-refractivity contribution >= 4 is 0 Å². The van der Waals surface area contributed by atoms with Crippen LogP contribution in [0.15, 0.2) is 25.3 Å². The molecule has 0 spiro atoms. The molecule has 0 bridgehead atoms. The van der Waals surface area contributed by atoms with Gasteiger partial charge < -0.3 is 20.4 Å². The standard InChI is InChI=1S/2C8H18O.2C3H6O.Ti/c2*1-2-3-4-5-6-7-8-9;2*1-2-3-4;/h2*9H,2-8H2,1H3;2*2,4H,1,3H2;. The first-order chi connectivity index (χ1) is 12.7. The van der Waals surface area contributed by atoms with Crippen LogP contribution in [-0.2, 0) is 21.7 Å². The summed E-state index contributed by atoms with van der Waals surface area (Å²) in [4.78, 5) is 0. The minimum Gasteiger partial charge on any atom is -0.396 e. The zero-order valence-electron chi connectivity index (χ0n) is 18.2. The number of rotatable bonds is 14. The average molecular weight is 424 g/mol. The molecule has 0 aromatic heterocycles. The topological polar surface area (TPSA) is 80.9 Å². The Morgan fingerprint density at radius 2 is 0.741 bits per heavy atom. The average Bonchev–Trinajstić information content (AvgIpc) is 2.69. The van der Waals surface area contributed by atoms with E-state index >= 15 is 0 Å². The van der Waals surface area contributed by atoms with Crippen LogP contribution in [0.3, 0.4) is 0 Å². The summed E-state index contributed by atoms with van der Waals surface area (Å²) < 4.78 is 0. The third kappa shape index (κ3) is 76.4. The molecule has 0 fully saturated rings. The maximum absolute atomic E-state index is 8.42. The van der Waals surface area contributed by atoms with Gasteiger partial charge in [-0.3, -0.25) is 0 Å². The van der Waals surface area contributed by atoms with Crippen molar-refractivity contribution in [2.45, 2.75) is 90.9 Å². The van der Waals surface area contributed by atoms with Crippen LogP contribution in [0.25, 0.3) is 0 Å². The van der Waals surface area contributed by atoms with E-state index in [1.54, 1.807) is 0 Å². The number of aliphatic hydroxyl groups excluding tert-OH is 4. The van der Waals surface area contributed by atoms with Crippen molar-refractivity contribution in [1.82, 2.24) is 0 Å². The van der Waals surface area contributed by atoms with E-state index in [1.807, 2.05) is 0 Å². The van der Waals surface area contributed by atoms with Gasteiger partial charge in [-0.25, -0.2) is 0 Å².